The predicted octanol–water partition coefficient (Wildman–Crippen LogP) is 7.07. The lowest BCUT2D eigenvalue weighted by Crippen LogP contribution is -2.52. The predicted molar refractivity (Wildman–Crippen MR) is 242 cm³/mol. The van der Waals surface area contributed by atoms with Gasteiger partial charge < -0.3 is 40.3 Å². The normalized spacial score (nSPS) is 23.3. The number of nitrogens with one attached hydrogen (secondary N) is 5. The molecule has 2 saturated carbocycles. The molecule has 0 unspecified atom stereocenters. The van der Waals surface area contributed by atoms with Crippen molar-refractivity contribution in [2.75, 3.05) is 14.2 Å². The van der Waals surface area contributed by atoms with Gasteiger partial charge in [-0.3, -0.25) is 14.6 Å². The van der Waals surface area contributed by atoms with E-state index in [0.717, 1.165) is 86.4 Å². The molecular formula is C48H56N10O6. The number of nitrogens with zero attached hydrogens (tertiary/aromatic N) is 5. The average Bonchev–Trinajstić information content (AvgIpc) is 3.76. The quantitative estimate of drug-likeness (QED) is 0.0798. The number of hydrogen-bond donors (Lipinski definition) is 5. The third kappa shape index (κ3) is 8.09. The molecule has 1 saturated heterocycles. The summed E-state index contributed by atoms with van der Waals surface area (Å²) in [4.78, 5) is 79.6. The van der Waals surface area contributed by atoms with Crippen molar-refractivity contribution >= 4 is 57.1 Å². The van der Waals surface area contributed by atoms with Crippen molar-refractivity contribution in [2.45, 2.75) is 91.0 Å². The minimum atomic E-state index is -0.704. The van der Waals surface area contributed by atoms with Crippen LogP contribution >= 0.6 is 0 Å². The molecule has 0 bridgehead atoms. The van der Waals surface area contributed by atoms with Crippen LogP contribution in [0.5, 0.6) is 0 Å². The number of benzene rings is 3. The summed E-state index contributed by atoms with van der Waals surface area (Å²) in [5, 5.41) is 8.54. The lowest BCUT2D eigenvalue weighted by molar-refractivity contribution is -0.137. The monoisotopic (exact) mass is 868 g/mol. The van der Waals surface area contributed by atoms with Gasteiger partial charge in [-0.05, 0) is 95.9 Å². The zero-order valence-corrected chi connectivity index (χ0v) is 37.4. The molecule has 1 aliphatic heterocycles. The minimum absolute atomic E-state index is 0.0515. The standard InChI is InChI=1S/C48H56N10O6/c1-22(2)40(56-47(61)63-7)45(59)55-42-24(5)29(42)12-16-39-51-32-14-10-27(18-35(32)52-39)26-9-13-31-34(17-26)49-21-37(50-31)28-11-15-33-36(19-28)54-44(53-33)38-20-30-25(6)43(30)58(38)46(60)41(23(3)4)57-48(62)64-8/h9-11,13-15,17-19,21-25,29-30,38,40-43H,12,16,20H2,1-8H3,(H,51,52)(H,53,54)(H,55,59)(H,56,61)(H,57,62)/t24-,25-,29+,30+,38+,40+,41+,42-,43-/m1/s1. The number of carbonyl (C=O) groups excluding carboxylic acids is 4. The Labute approximate surface area is 371 Å². The molecule has 3 fully saturated rings. The number of aromatic nitrogens is 6. The van der Waals surface area contributed by atoms with Crippen molar-refractivity contribution in [2.24, 2.45) is 35.5 Å². The molecule has 9 atom stereocenters. The zero-order chi connectivity index (χ0) is 45.1. The largest absolute Gasteiger partial charge is 0.453 e. The number of likely N-dealkylation sites (tertiary alicyclic amines) is 1. The Morgan fingerprint density at radius 2 is 1.38 bits per heavy atom. The van der Waals surface area contributed by atoms with Gasteiger partial charge in [0.2, 0.25) is 11.8 Å². The van der Waals surface area contributed by atoms with E-state index in [-0.39, 0.29) is 41.8 Å². The molecule has 0 spiro atoms. The van der Waals surface area contributed by atoms with Crippen LogP contribution < -0.4 is 16.0 Å². The molecule has 2 aliphatic carbocycles. The van der Waals surface area contributed by atoms with E-state index in [1.165, 1.54) is 14.2 Å². The van der Waals surface area contributed by atoms with E-state index in [4.69, 9.17) is 29.4 Å². The Morgan fingerprint density at radius 1 is 0.750 bits per heavy atom. The van der Waals surface area contributed by atoms with Gasteiger partial charge >= 0.3 is 12.2 Å². The summed E-state index contributed by atoms with van der Waals surface area (Å²) in [5.74, 6) is 2.57. The first-order chi connectivity index (χ1) is 30.7. The number of amides is 4. The number of carbonyl (C=O) groups is 4. The summed E-state index contributed by atoms with van der Waals surface area (Å²) >= 11 is 0. The van der Waals surface area contributed by atoms with Crippen LogP contribution in [0.1, 0.15) is 72.1 Å². The first-order valence-corrected chi connectivity index (χ1v) is 22.3. The Hall–Kier alpha value is -6.58. The van der Waals surface area contributed by atoms with Crippen molar-refractivity contribution in [3.8, 4) is 22.4 Å². The number of H-pyrrole nitrogens is 2. The molecule has 16 nitrogen and oxygen atoms in total. The summed E-state index contributed by atoms with van der Waals surface area (Å²) in [6.07, 6.45) is 2.99. The van der Waals surface area contributed by atoms with Gasteiger partial charge in [0.05, 0.1) is 65.3 Å². The molecule has 5 N–H and O–H groups in total. The molecule has 4 heterocycles. The third-order valence-electron chi connectivity index (χ3n) is 13.8. The van der Waals surface area contributed by atoms with Crippen molar-refractivity contribution in [1.29, 1.82) is 0 Å². The number of imidazole rings is 2. The van der Waals surface area contributed by atoms with E-state index < -0.39 is 24.3 Å². The Kier molecular flexibility index (Phi) is 11.2. The molecule has 3 aromatic heterocycles. The minimum Gasteiger partial charge on any atom is -0.453 e. The van der Waals surface area contributed by atoms with Gasteiger partial charge in [0.15, 0.2) is 0 Å². The zero-order valence-electron chi connectivity index (χ0n) is 37.4. The number of hydrogen-bond acceptors (Lipinski definition) is 10. The highest BCUT2D eigenvalue weighted by molar-refractivity contribution is 5.89. The van der Waals surface area contributed by atoms with Gasteiger partial charge in [-0.1, -0.05) is 59.7 Å². The van der Waals surface area contributed by atoms with Crippen LogP contribution in [0, 0.1) is 35.5 Å². The first-order valence-electron chi connectivity index (χ1n) is 22.3. The summed E-state index contributed by atoms with van der Waals surface area (Å²) < 4.78 is 9.54. The van der Waals surface area contributed by atoms with E-state index in [1.54, 1.807) is 6.20 Å². The van der Waals surface area contributed by atoms with Gasteiger partial charge in [0.25, 0.3) is 0 Å². The molecule has 3 aromatic carbocycles. The number of aryl methyl sites for hydroxylation is 1. The second-order valence-corrected chi connectivity index (χ2v) is 18.5. The fraction of sp³-hybridized carbons (Fsp3) is 0.458. The molecule has 16 heteroatoms. The van der Waals surface area contributed by atoms with E-state index in [9.17, 15) is 19.2 Å². The van der Waals surface area contributed by atoms with Gasteiger partial charge in [-0.15, -0.1) is 0 Å². The van der Waals surface area contributed by atoms with Crippen molar-refractivity contribution in [3.63, 3.8) is 0 Å². The van der Waals surface area contributed by atoms with Crippen molar-refractivity contribution < 1.29 is 28.7 Å². The van der Waals surface area contributed by atoms with Crippen LogP contribution in [0.2, 0.25) is 0 Å². The third-order valence-corrected chi connectivity index (χ3v) is 13.8. The number of piperidine rings is 1. The maximum absolute atomic E-state index is 14.0. The summed E-state index contributed by atoms with van der Waals surface area (Å²) in [5.41, 5.74) is 8.69. The summed E-state index contributed by atoms with van der Waals surface area (Å²) in [6.45, 7) is 11.9. The lowest BCUT2D eigenvalue weighted by Gasteiger charge is -2.32. The highest BCUT2D eigenvalue weighted by Gasteiger charge is 2.61. The van der Waals surface area contributed by atoms with E-state index in [2.05, 4.69) is 58.0 Å². The summed E-state index contributed by atoms with van der Waals surface area (Å²) in [6, 6.07) is 16.9. The maximum atomic E-state index is 14.0. The number of methoxy groups -OCH3 is 2. The van der Waals surface area contributed by atoms with Gasteiger partial charge in [0.1, 0.15) is 23.7 Å². The smallest absolute Gasteiger partial charge is 0.407 e. The Morgan fingerprint density at radius 3 is 2.08 bits per heavy atom. The number of ether oxygens (including phenoxy) is 2. The molecule has 334 valence electrons. The maximum Gasteiger partial charge on any atom is 0.407 e. The van der Waals surface area contributed by atoms with Crippen LogP contribution in [0.3, 0.4) is 0 Å². The van der Waals surface area contributed by atoms with Crippen LogP contribution in [0.15, 0.2) is 60.8 Å². The fourth-order valence-corrected chi connectivity index (χ4v) is 9.86. The van der Waals surface area contributed by atoms with Gasteiger partial charge in [-0.2, -0.15) is 0 Å². The van der Waals surface area contributed by atoms with Crippen LogP contribution in [-0.4, -0.2) is 97.2 Å². The molecule has 6 aromatic rings. The lowest BCUT2D eigenvalue weighted by atomic mass is 10.0. The molecule has 9 rings (SSSR count). The van der Waals surface area contributed by atoms with E-state index >= 15 is 0 Å². The second-order valence-electron chi connectivity index (χ2n) is 18.5. The molecule has 0 radical (unpaired) electrons. The van der Waals surface area contributed by atoms with Crippen molar-refractivity contribution in [3.05, 3.63) is 72.4 Å². The van der Waals surface area contributed by atoms with Gasteiger partial charge in [0, 0.05) is 24.1 Å². The molecular weight excluding hydrogens is 813 g/mol. The Balaban J connectivity index is 0.863. The van der Waals surface area contributed by atoms with Crippen LogP contribution in [0.4, 0.5) is 9.59 Å². The van der Waals surface area contributed by atoms with E-state index in [0.29, 0.717) is 23.7 Å². The molecule has 3 aliphatic rings. The van der Waals surface area contributed by atoms with E-state index in [1.807, 2.05) is 69.0 Å². The molecule has 4 amide bonds. The number of rotatable bonds is 13. The highest BCUT2D eigenvalue weighted by atomic mass is 16.5. The number of alkyl carbamates (subject to hydrolysis) is 2. The number of aromatic amines is 2. The first kappa shape index (κ1) is 42.7. The fourth-order valence-electron chi connectivity index (χ4n) is 9.86. The topological polar surface area (TPSA) is 209 Å². The average molecular weight is 869 g/mol. The van der Waals surface area contributed by atoms with Crippen molar-refractivity contribution in [1.82, 2.24) is 50.8 Å². The number of fused-ring (bicyclic) bond motifs is 4. The highest BCUT2D eigenvalue weighted by Crippen LogP contribution is 2.57. The SMILES string of the molecule is COC(=O)N[C@H](C(=O)N[C@@H]1[C@H](C)[C@@H]1CCc1nc2ccc(-c3ccc4nc(-c5ccc6nc([C@@H]7C[C@H]8[C@@H](C)[C@H]8N7C(=O)[C@@H](NC(=O)OC)C(C)C)[nH]c6c5)cnc4c3)cc2[nH]1)C(C)C. The summed E-state index contributed by atoms with van der Waals surface area (Å²) in [7, 11) is 2.59. The van der Waals surface area contributed by atoms with Gasteiger partial charge in [-0.25, -0.2) is 24.5 Å². The van der Waals surface area contributed by atoms with Crippen LogP contribution in [0.25, 0.3) is 55.5 Å². The second kappa shape index (κ2) is 16.8. The Bertz CT molecular complexity index is 2780. The molecule has 64 heavy (non-hydrogen) atoms. The van der Waals surface area contributed by atoms with Crippen LogP contribution in [-0.2, 0) is 25.5 Å².